The van der Waals surface area contributed by atoms with E-state index in [-0.39, 0.29) is 6.79 Å². The first kappa shape index (κ1) is 15.6. The molecule has 0 amide bonds. The van der Waals surface area contributed by atoms with Crippen LogP contribution in [-0.2, 0) is 6.54 Å². The fraction of sp³-hybridized carbons (Fsp3) is 0.529. The fourth-order valence-corrected chi connectivity index (χ4v) is 3.65. The topological polar surface area (TPSA) is 58.4 Å². The number of hydrogen-bond acceptors (Lipinski definition) is 6. The van der Waals surface area contributed by atoms with Crippen LogP contribution in [0.1, 0.15) is 37.9 Å². The summed E-state index contributed by atoms with van der Waals surface area (Å²) in [5.41, 5.74) is 0. The van der Waals surface area contributed by atoms with Crippen LogP contribution in [0.3, 0.4) is 0 Å². The van der Waals surface area contributed by atoms with Crippen molar-refractivity contribution in [2.45, 2.75) is 43.8 Å². The molecule has 0 spiro atoms. The SMILES string of the molecule is CCn1c(SCCCOc2ccc3c(c2)OCO3)nnc1C1CC1. The van der Waals surface area contributed by atoms with Crippen LogP contribution in [-0.4, -0.2) is 33.9 Å². The number of ether oxygens (including phenoxy) is 3. The lowest BCUT2D eigenvalue weighted by atomic mass is 10.3. The minimum absolute atomic E-state index is 0.288. The first-order valence-electron chi connectivity index (χ1n) is 8.43. The van der Waals surface area contributed by atoms with Crippen LogP contribution < -0.4 is 14.2 Å². The van der Waals surface area contributed by atoms with Gasteiger partial charge in [-0.3, -0.25) is 0 Å². The number of benzene rings is 1. The normalized spacial score (nSPS) is 15.7. The van der Waals surface area contributed by atoms with E-state index in [0.717, 1.165) is 46.9 Å². The zero-order valence-electron chi connectivity index (χ0n) is 13.7. The molecule has 0 unspecified atom stereocenters. The van der Waals surface area contributed by atoms with Crippen molar-refractivity contribution in [1.82, 2.24) is 14.8 Å². The third-order valence-corrected chi connectivity index (χ3v) is 5.19. The van der Waals surface area contributed by atoms with E-state index < -0.39 is 0 Å². The number of thioether (sulfide) groups is 1. The monoisotopic (exact) mass is 347 g/mol. The molecule has 1 aliphatic carbocycles. The maximum Gasteiger partial charge on any atom is 0.231 e. The summed E-state index contributed by atoms with van der Waals surface area (Å²) in [7, 11) is 0. The van der Waals surface area contributed by atoms with Crippen molar-refractivity contribution < 1.29 is 14.2 Å². The predicted octanol–water partition coefficient (Wildman–Crippen LogP) is 3.47. The smallest absolute Gasteiger partial charge is 0.231 e. The molecule has 0 bridgehead atoms. The van der Waals surface area contributed by atoms with Gasteiger partial charge in [0.1, 0.15) is 11.6 Å². The maximum absolute atomic E-state index is 5.79. The maximum atomic E-state index is 5.79. The van der Waals surface area contributed by atoms with Crippen LogP contribution in [0, 0.1) is 0 Å². The quantitative estimate of drug-likeness (QED) is 0.538. The molecule has 2 aliphatic rings. The van der Waals surface area contributed by atoms with Crippen LogP contribution in [0.25, 0.3) is 0 Å². The van der Waals surface area contributed by atoms with Crippen LogP contribution in [0.15, 0.2) is 23.4 Å². The highest BCUT2D eigenvalue weighted by Crippen LogP contribution is 2.40. The molecular formula is C17H21N3O3S. The summed E-state index contributed by atoms with van der Waals surface area (Å²) in [6.45, 7) is 4.05. The molecule has 1 aliphatic heterocycles. The molecule has 128 valence electrons. The first-order valence-corrected chi connectivity index (χ1v) is 9.42. The van der Waals surface area contributed by atoms with Gasteiger partial charge in [-0.1, -0.05) is 11.8 Å². The average molecular weight is 347 g/mol. The Morgan fingerprint density at radius 2 is 2.12 bits per heavy atom. The van der Waals surface area contributed by atoms with Gasteiger partial charge in [0, 0.05) is 24.3 Å². The summed E-state index contributed by atoms with van der Waals surface area (Å²) >= 11 is 1.76. The van der Waals surface area contributed by atoms with Crippen molar-refractivity contribution in [2.75, 3.05) is 19.2 Å². The van der Waals surface area contributed by atoms with Crippen molar-refractivity contribution in [2.24, 2.45) is 0 Å². The number of fused-ring (bicyclic) bond motifs is 1. The Morgan fingerprint density at radius 1 is 1.25 bits per heavy atom. The zero-order chi connectivity index (χ0) is 16.4. The Balaban J connectivity index is 1.23. The van der Waals surface area contributed by atoms with E-state index >= 15 is 0 Å². The molecule has 4 rings (SSSR count). The predicted molar refractivity (Wildman–Crippen MR) is 91.1 cm³/mol. The summed E-state index contributed by atoms with van der Waals surface area (Å²) in [6, 6.07) is 5.68. The minimum Gasteiger partial charge on any atom is -0.493 e. The van der Waals surface area contributed by atoms with Gasteiger partial charge in [0.2, 0.25) is 6.79 Å². The second-order valence-corrected chi connectivity index (χ2v) is 6.99. The lowest BCUT2D eigenvalue weighted by molar-refractivity contribution is 0.173. The van der Waals surface area contributed by atoms with Gasteiger partial charge in [0.25, 0.3) is 0 Å². The molecule has 0 saturated heterocycles. The molecule has 0 radical (unpaired) electrons. The average Bonchev–Trinajstić information content (AvgIpc) is 3.19. The fourth-order valence-electron chi connectivity index (χ4n) is 2.73. The van der Waals surface area contributed by atoms with Crippen LogP contribution in [0.2, 0.25) is 0 Å². The van der Waals surface area contributed by atoms with E-state index in [1.54, 1.807) is 11.8 Å². The third kappa shape index (κ3) is 3.31. The minimum atomic E-state index is 0.288. The van der Waals surface area contributed by atoms with E-state index in [4.69, 9.17) is 14.2 Å². The van der Waals surface area contributed by atoms with Gasteiger partial charge >= 0.3 is 0 Å². The van der Waals surface area contributed by atoms with Gasteiger partial charge < -0.3 is 18.8 Å². The molecule has 1 saturated carbocycles. The molecule has 2 heterocycles. The summed E-state index contributed by atoms with van der Waals surface area (Å²) < 4.78 is 18.7. The summed E-state index contributed by atoms with van der Waals surface area (Å²) in [4.78, 5) is 0. The van der Waals surface area contributed by atoms with Crippen molar-refractivity contribution in [3.05, 3.63) is 24.0 Å². The van der Waals surface area contributed by atoms with Gasteiger partial charge in [-0.15, -0.1) is 10.2 Å². The largest absolute Gasteiger partial charge is 0.493 e. The second-order valence-electron chi connectivity index (χ2n) is 5.92. The number of hydrogen-bond donors (Lipinski definition) is 0. The highest BCUT2D eigenvalue weighted by molar-refractivity contribution is 7.99. The van der Waals surface area contributed by atoms with Crippen LogP contribution >= 0.6 is 11.8 Å². The number of nitrogens with zero attached hydrogens (tertiary/aromatic N) is 3. The van der Waals surface area contributed by atoms with Gasteiger partial charge in [-0.25, -0.2) is 0 Å². The van der Waals surface area contributed by atoms with Crippen molar-refractivity contribution in [3.63, 3.8) is 0 Å². The summed E-state index contributed by atoms with van der Waals surface area (Å²) in [5.74, 6) is 5.12. The molecule has 0 N–H and O–H groups in total. The molecular weight excluding hydrogens is 326 g/mol. The van der Waals surface area contributed by atoms with Gasteiger partial charge in [0.15, 0.2) is 16.7 Å². The number of aromatic nitrogens is 3. The molecule has 1 aromatic carbocycles. The van der Waals surface area contributed by atoms with E-state index in [9.17, 15) is 0 Å². The molecule has 6 nitrogen and oxygen atoms in total. The molecule has 2 aromatic rings. The van der Waals surface area contributed by atoms with E-state index in [0.29, 0.717) is 12.5 Å². The molecule has 1 fully saturated rings. The molecule has 0 atom stereocenters. The Bertz CT molecular complexity index is 715. The number of rotatable bonds is 8. The van der Waals surface area contributed by atoms with Gasteiger partial charge in [-0.2, -0.15) is 0 Å². The standard InChI is InChI=1S/C17H21N3O3S/c1-2-20-16(12-4-5-12)18-19-17(20)24-9-3-8-21-13-6-7-14-15(10-13)23-11-22-14/h6-7,10,12H,2-5,8-9,11H2,1H3. The summed E-state index contributed by atoms with van der Waals surface area (Å²) in [6.07, 6.45) is 3.47. The lowest BCUT2D eigenvalue weighted by Gasteiger charge is -2.08. The third-order valence-electron chi connectivity index (χ3n) is 4.14. The van der Waals surface area contributed by atoms with E-state index in [1.165, 1.54) is 12.8 Å². The molecule has 24 heavy (non-hydrogen) atoms. The zero-order valence-corrected chi connectivity index (χ0v) is 14.6. The van der Waals surface area contributed by atoms with Crippen molar-refractivity contribution >= 4 is 11.8 Å². The molecule has 7 heteroatoms. The first-order chi connectivity index (χ1) is 11.8. The highest BCUT2D eigenvalue weighted by Gasteiger charge is 2.29. The molecule has 1 aromatic heterocycles. The van der Waals surface area contributed by atoms with E-state index in [1.807, 2.05) is 18.2 Å². The highest BCUT2D eigenvalue weighted by atomic mass is 32.2. The Kier molecular flexibility index (Phi) is 4.51. The lowest BCUT2D eigenvalue weighted by Crippen LogP contribution is -2.03. The Labute approximate surface area is 145 Å². The second kappa shape index (κ2) is 6.93. The van der Waals surface area contributed by atoms with Gasteiger partial charge in [0.05, 0.1) is 6.61 Å². The summed E-state index contributed by atoms with van der Waals surface area (Å²) in [5, 5.41) is 9.74. The van der Waals surface area contributed by atoms with Crippen molar-refractivity contribution in [3.8, 4) is 17.2 Å². The Hall–Kier alpha value is -1.89. The van der Waals surface area contributed by atoms with Crippen LogP contribution in [0.5, 0.6) is 17.2 Å². The van der Waals surface area contributed by atoms with Crippen LogP contribution in [0.4, 0.5) is 0 Å². The van der Waals surface area contributed by atoms with Crippen molar-refractivity contribution in [1.29, 1.82) is 0 Å². The van der Waals surface area contributed by atoms with E-state index in [2.05, 4.69) is 21.7 Å². The van der Waals surface area contributed by atoms with Gasteiger partial charge in [-0.05, 0) is 38.3 Å². The Morgan fingerprint density at radius 3 is 2.96 bits per heavy atom.